The molecule has 0 atom stereocenters. The summed E-state index contributed by atoms with van der Waals surface area (Å²) in [5.74, 6) is -0.180. The Hall–Kier alpha value is -2.23. The van der Waals surface area contributed by atoms with Crippen molar-refractivity contribution in [2.45, 2.75) is 42.7 Å². The number of nitrogens with zero attached hydrogens (tertiary/aromatic N) is 2. The first-order chi connectivity index (χ1) is 14.4. The van der Waals surface area contributed by atoms with Gasteiger partial charge in [0.25, 0.3) is 10.0 Å². The Morgan fingerprint density at radius 2 is 1.77 bits per heavy atom. The van der Waals surface area contributed by atoms with Crippen molar-refractivity contribution < 1.29 is 18.0 Å². The van der Waals surface area contributed by atoms with Crippen LogP contribution in [0.5, 0.6) is 0 Å². The first kappa shape index (κ1) is 21.0. The van der Waals surface area contributed by atoms with E-state index in [9.17, 15) is 18.0 Å². The fraction of sp³-hybridized carbons (Fsp3) is 0.429. The van der Waals surface area contributed by atoms with Crippen LogP contribution in [0, 0.1) is 0 Å². The zero-order valence-corrected chi connectivity index (χ0v) is 18.3. The lowest BCUT2D eigenvalue weighted by Crippen LogP contribution is -2.35. The van der Waals surface area contributed by atoms with Crippen LogP contribution in [0.3, 0.4) is 0 Å². The predicted octanol–water partition coefficient (Wildman–Crippen LogP) is 3.23. The monoisotopic (exact) mass is 447 g/mol. The Labute approximate surface area is 180 Å². The second-order valence-corrected chi connectivity index (χ2v) is 10.9. The second-order valence-electron chi connectivity index (χ2n) is 7.58. The number of hydrogen-bond donors (Lipinski definition) is 1. The van der Waals surface area contributed by atoms with Crippen molar-refractivity contribution in [3.8, 4) is 0 Å². The van der Waals surface area contributed by atoms with Gasteiger partial charge in [0.1, 0.15) is 4.21 Å². The molecule has 2 aromatic rings. The summed E-state index contributed by atoms with van der Waals surface area (Å²) in [7, 11) is -3.48. The second kappa shape index (κ2) is 8.87. The minimum atomic E-state index is -3.48. The van der Waals surface area contributed by atoms with Gasteiger partial charge in [0, 0.05) is 30.9 Å². The van der Waals surface area contributed by atoms with Gasteiger partial charge in [-0.25, -0.2) is 8.42 Å². The van der Waals surface area contributed by atoms with E-state index in [1.165, 1.54) is 4.31 Å². The zero-order chi connectivity index (χ0) is 21.1. The number of amides is 2. The van der Waals surface area contributed by atoms with Crippen molar-refractivity contribution in [2.24, 2.45) is 0 Å². The maximum Gasteiger partial charge on any atom is 0.252 e. The average Bonchev–Trinajstić information content (AvgIpc) is 3.38. The molecule has 0 bridgehead atoms. The Morgan fingerprint density at radius 1 is 1.00 bits per heavy atom. The molecule has 2 amide bonds. The molecule has 0 spiro atoms. The third-order valence-corrected chi connectivity index (χ3v) is 8.87. The largest absolute Gasteiger partial charge is 0.324 e. The highest BCUT2D eigenvalue weighted by molar-refractivity contribution is 7.91. The molecule has 2 aliphatic rings. The fourth-order valence-electron chi connectivity index (χ4n) is 3.89. The third kappa shape index (κ3) is 4.43. The van der Waals surface area contributed by atoms with Gasteiger partial charge in [-0.1, -0.05) is 18.6 Å². The van der Waals surface area contributed by atoms with E-state index in [2.05, 4.69) is 5.32 Å². The average molecular weight is 448 g/mol. The van der Waals surface area contributed by atoms with Gasteiger partial charge >= 0.3 is 0 Å². The topological polar surface area (TPSA) is 86.8 Å². The van der Waals surface area contributed by atoms with Crippen LogP contribution in [0.2, 0.25) is 0 Å². The highest BCUT2D eigenvalue weighted by atomic mass is 32.2. The molecule has 160 valence electrons. The van der Waals surface area contributed by atoms with E-state index in [0.29, 0.717) is 42.3 Å². The van der Waals surface area contributed by atoms with Crippen molar-refractivity contribution in [3.05, 3.63) is 41.3 Å². The predicted molar refractivity (Wildman–Crippen MR) is 117 cm³/mol. The number of carbonyl (C=O) groups is 2. The Kier molecular flexibility index (Phi) is 6.21. The SMILES string of the molecule is O=C(Cc1ccc(S(=O)(=O)N2CCCCC2)s1)Nc1ccccc1N1CCCC1=O. The molecule has 0 radical (unpaired) electrons. The molecule has 30 heavy (non-hydrogen) atoms. The van der Waals surface area contributed by atoms with Gasteiger partial charge in [0.15, 0.2) is 0 Å². The van der Waals surface area contributed by atoms with E-state index < -0.39 is 10.0 Å². The Morgan fingerprint density at radius 3 is 2.50 bits per heavy atom. The molecule has 4 rings (SSSR count). The zero-order valence-electron chi connectivity index (χ0n) is 16.7. The minimum absolute atomic E-state index is 0.0579. The van der Waals surface area contributed by atoms with Gasteiger partial charge in [-0.3, -0.25) is 9.59 Å². The Bertz CT molecular complexity index is 1040. The van der Waals surface area contributed by atoms with Gasteiger partial charge < -0.3 is 10.2 Å². The summed E-state index contributed by atoms with van der Waals surface area (Å²) in [4.78, 5) is 27.1. The number of carbonyl (C=O) groups excluding carboxylic acids is 2. The summed E-state index contributed by atoms with van der Waals surface area (Å²) < 4.78 is 27.4. The van der Waals surface area contributed by atoms with E-state index in [0.717, 1.165) is 37.0 Å². The molecule has 2 saturated heterocycles. The first-order valence-corrected chi connectivity index (χ1v) is 12.5. The minimum Gasteiger partial charge on any atom is -0.324 e. The quantitative estimate of drug-likeness (QED) is 0.737. The van der Waals surface area contributed by atoms with Gasteiger partial charge in [0.05, 0.1) is 17.8 Å². The van der Waals surface area contributed by atoms with E-state index in [1.807, 2.05) is 18.2 Å². The van der Waals surface area contributed by atoms with Gasteiger partial charge in [-0.05, 0) is 43.5 Å². The van der Waals surface area contributed by atoms with Crippen LogP contribution in [0.25, 0.3) is 0 Å². The lowest BCUT2D eigenvalue weighted by Gasteiger charge is -2.25. The number of para-hydroxylation sites is 2. The number of thiophene rings is 1. The molecule has 9 heteroatoms. The summed E-state index contributed by atoms with van der Waals surface area (Å²) in [6.45, 7) is 1.76. The van der Waals surface area contributed by atoms with Crippen LogP contribution >= 0.6 is 11.3 Å². The highest BCUT2D eigenvalue weighted by Crippen LogP contribution is 2.30. The molecule has 0 saturated carbocycles. The van der Waals surface area contributed by atoms with Crippen LogP contribution in [-0.2, 0) is 26.0 Å². The molecule has 0 aliphatic carbocycles. The van der Waals surface area contributed by atoms with Crippen LogP contribution in [0.1, 0.15) is 37.0 Å². The molecule has 1 aromatic carbocycles. The summed E-state index contributed by atoms with van der Waals surface area (Å²) >= 11 is 1.15. The van der Waals surface area contributed by atoms with Crippen LogP contribution in [0.15, 0.2) is 40.6 Å². The van der Waals surface area contributed by atoms with Crippen LogP contribution < -0.4 is 10.2 Å². The van der Waals surface area contributed by atoms with Gasteiger partial charge in [-0.15, -0.1) is 11.3 Å². The van der Waals surface area contributed by atoms with E-state index in [4.69, 9.17) is 0 Å². The lowest BCUT2D eigenvalue weighted by molar-refractivity contribution is -0.117. The van der Waals surface area contributed by atoms with Gasteiger partial charge in [-0.2, -0.15) is 4.31 Å². The van der Waals surface area contributed by atoms with Crippen molar-refractivity contribution >= 4 is 44.5 Å². The summed E-state index contributed by atoms with van der Waals surface area (Å²) in [6, 6.07) is 10.6. The molecule has 1 aromatic heterocycles. The molecule has 2 aliphatic heterocycles. The van der Waals surface area contributed by atoms with E-state index in [1.54, 1.807) is 23.1 Å². The van der Waals surface area contributed by atoms with Crippen molar-refractivity contribution in [1.82, 2.24) is 4.31 Å². The maximum atomic E-state index is 12.8. The molecule has 2 fully saturated rings. The van der Waals surface area contributed by atoms with Crippen LogP contribution in [0.4, 0.5) is 11.4 Å². The molecule has 3 heterocycles. The first-order valence-electron chi connectivity index (χ1n) is 10.2. The van der Waals surface area contributed by atoms with Crippen molar-refractivity contribution in [3.63, 3.8) is 0 Å². The molecular formula is C21H25N3O4S2. The third-order valence-electron chi connectivity index (χ3n) is 5.42. The smallest absolute Gasteiger partial charge is 0.252 e. The Balaban J connectivity index is 1.44. The number of nitrogens with one attached hydrogen (secondary N) is 1. The number of hydrogen-bond acceptors (Lipinski definition) is 5. The maximum absolute atomic E-state index is 12.8. The summed E-state index contributed by atoms with van der Waals surface area (Å²) in [5.41, 5.74) is 1.29. The summed E-state index contributed by atoms with van der Waals surface area (Å²) in [5, 5.41) is 2.88. The standard InChI is InChI=1S/C21H25N3O4S2/c25-19(22-17-7-2-3-8-18(17)24-14-6-9-20(24)26)15-16-10-11-21(29-16)30(27,28)23-12-4-1-5-13-23/h2-3,7-8,10-11H,1,4-6,9,12-15H2,(H,22,25). The summed E-state index contributed by atoms with van der Waals surface area (Å²) in [6.07, 6.45) is 4.25. The number of anilines is 2. The normalized spacial score (nSPS) is 18.0. The fourth-order valence-corrected chi connectivity index (χ4v) is 6.92. The highest BCUT2D eigenvalue weighted by Gasteiger charge is 2.28. The van der Waals surface area contributed by atoms with Crippen molar-refractivity contribution in [2.75, 3.05) is 29.9 Å². The molecule has 0 unspecified atom stereocenters. The van der Waals surface area contributed by atoms with Crippen molar-refractivity contribution in [1.29, 1.82) is 0 Å². The number of piperidine rings is 1. The van der Waals surface area contributed by atoms with Gasteiger partial charge in [0.2, 0.25) is 11.8 Å². The van der Waals surface area contributed by atoms with Crippen LogP contribution in [-0.4, -0.2) is 44.2 Å². The lowest BCUT2D eigenvalue weighted by atomic mass is 10.2. The molecular weight excluding hydrogens is 422 g/mol. The van der Waals surface area contributed by atoms with E-state index in [-0.39, 0.29) is 22.4 Å². The molecule has 7 nitrogen and oxygen atoms in total. The number of benzene rings is 1. The molecule has 1 N–H and O–H groups in total. The number of sulfonamides is 1. The number of rotatable bonds is 6. The van der Waals surface area contributed by atoms with E-state index >= 15 is 0 Å².